The molecule has 0 aliphatic carbocycles. The third-order valence-corrected chi connectivity index (χ3v) is 2.52. The summed E-state index contributed by atoms with van der Waals surface area (Å²) in [6.45, 7) is 0. The van der Waals surface area contributed by atoms with Gasteiger partial charge in [-0.05, 0) is 17.7 Å². The molecule has 65 valence electrons. The van der Waals surface area contributed by atoms with Crippen LogP contribution in [-0.2, 0) is 20.6 Å². The zero-order chi connectivity index (χ0) is 9.19. The van der Waals surface area contributed by atoms with Gasteiger partial charge in [-0.25, -0.2) is 0 Å². The van der Waals surface area contributed by atoms with Crippen molar-refractivity contribution in [1.29, 1.82) is 0 Å². The van der Waals surface area contributed by atoms with Crippen LogP contribution in [0.1, 0.15) is 5.56 Å². The van der Waals surface area contributed by atoms with Crippen molar-refractivity contribution in [3.8, 4) is 0 Å². The van der Waals surface area contributed by atoms with Crippen molar-refractivity contribution in [2.75, 3.05) is 0 Å². The fourth-order valence-electron chi connectivity index (χ4n) is 0.745. The van der Waals surface area contributed by atoms with Gasteiger partial charge in [0.1, 0.15) is 0 Å². The second-order valence-corrected chi connectivity index (χ2v) is 3.88. The van der Waals surface area contributed by atoms with E-state index in [1.54, 1.807) is 0 Å². The molecule has 0 bridgehead atoms. The van der Waals surface area contributed by atoms with Gasteiger partial charge in [-0.1, -0.05) is 16.7 Å². The topological polar surface area (TPSA) is 54.0 Å². The molecular formula is C7H6ClO3S. The SMILES string of the molecule is [O]S(=O)(=O)c1ccc(CCl)cc1. The molecule has 0 unspecified atom stereocenters. The molecule has 1 radical (unpaired) electrons. The highest BCUT2D eigenvalue weighted by Crippen LogP contribution is 2.11. The summed E-state index contributed by atoms with van der Waals surface area (Å²) >= 11 is 5.47. The fourth-order valence-corrected chi connectivity index (χ4v) is 1.39. The van der Waals surface area contributed by atoms with Crippen molar-refractivity contribution in [1.82, 2.24) is 0 Å². The normalized spacial score (nSPS) is 11.5. The minimum Gasteiger partial charge on any atom is -0.192 e. The minimum absolute atomic E-state index is 0.226. The van der Waals surface area contributed by atoms with Crippen LogP contribution in [0.4, 0.5) is 0 Å². The monoisotopic (exact) mass is 205 g/mol. The van der Waals surface area contributed by atoms with Crippen molar-refractivity contribution in [3.63, 3.8) is 0 Å². The quantitative estimate of drug-likeness (QED) is 0.688. The molecule has 0 aromatic heterocycles. The van der Waals surface area contributed by atoms with E-state index in [1.807, 2.05) is 0 Å². The Kier molecular flexibility index (Phi) is 2.72. The highest BCUT2D eigenvalue weighted by atomic mass is 35.5. The van der Waals surface area contributed by atoms with Gasteiger partial charge in [0.25, 0.3) is 0 Å². The summed E-state index contributed by atoms with van der Waals surface area (Å²) in [7, 11) is -4.32. The zero-order valence-corrected chi connectivity index (χ0v) is 7.60. The standard InChI is InChI=1S/C7H6ClO3S/c8-5-6-1-3-7(4-2-6)12(9,10)11/h1-4H,5H2. The van der Waals surface area contributed by atoms with Gasteiger partial charge in [0.2, 0.25) is 0 Å². The highest BCUT2D eigenvalue weighted by Gasteiger charge is 2.09. The average Bonchev–Trinajstić information content (AvgIpc) is 2.03. The second kappa shape index (κ2) is 3.43. The Labute approximate surface area is 75.7 Å². The van der Waals surface area contributed by atoms with Crippen LogP contribution in [0.2, 0.25) is 0 Å². The van der Waals surface area contributed by atoms with Crippen molar-refractivity contribution >= 4 is 21.7 Å². The first-order chi connectivity index (χ1) is 5.54. The van der Waals surface area contributed by atoms with E-state index in [9.17, 15) is 13.0 Å². The molecule has 0 heterocycles. The van der Waals surface area contributed by atoms with Crippen LogP contribution >= 0.6 is 11.6 Å². The Morgan fingerprint density at radius 1 is 1.17 bits per heavy atom. The summed E-state index contributed by atoms with van der Waals surface area (Å²) in [5.74, 6) is 0.305. The molecule has 3 nitrogen and oxygen atoms in total. The molecule has 12 heavy (non-hydrogen) atoms. The lowest BCUT2D eigenvalue weighted by molar-refractivity contribution is 0.414. The van der Waals surface area contributed by atoms with Crippen molar-refractivity contribution in [2.24, 2.45) is 0 Å². The number of benzene rings is 1. The lowest BCUT2D eigenvalue weighted by Crippen LogP contribution is -1.95. The van der Waals surface area contributed by atoms with Crippen LogP contribution in [0, 0.1) is 0 Å². The van der Waals surface area contributed by atoms with Gasteiger partial charge in [0.05, 0.1) is 4.90 Å². The Balaban J connectivity index is 3.09. The van der Waals surface area contributed by atoms with Crippen LogP contribution in [0.3, 0.4) is 0 Å². The molecule has 0 N–H and O–H groups in total. The molecule has 0 saturated carbocycles. The van der Waals surface area contributed by atoms with Crippen molar-refractivity contribution < 1.29 is 13.0 Å². The Morgan fingerprint density at radius 3 is 2.00 bits per heavy atom. The van der Waals surface area contributed by atoms with Gasteiger partial charge in [-0.2, -0.15) is 8.42 Å². The summed E-state index contributed by atoms with van der Waals surface area (Å²) in [6, 6.07) is 5.52. The van der Waals surface area contributed by atoms with E-state index in [-0.39, 0.29) is 4.90 Å². The lowest BCUT2D eigenvalue weighted by atomic mass is 10.2. The zero-order valence-electron chi connectivity index (χ0n) is 6.03. The first kappa shape index (κ1) is 9.51. The summed E-state index contributed by atoms with van der Waals surface area (Å²) in [6.07, 6.45) is 0. The number of halogens is 1. The number of hydrogen-bond acceptors (Lipinski definition) is 2. The maximum absolute atomic E-state index is 10.4. The lowest BCUT2D eigenvalue weighted by Gasteiger charge is -1.96. The van der Waals surface area contributed by atoms with E-state index in [4.69, 9.17) is 11.6 Å². The molecule has 1 rings (SSSR count). The molecule has 0 fully saturated rings. The van der Waals surface area contributed by atoms with Crippen molar-refractivity contribution in [3.05, 3.63) is 29.8 Å². The number of rotatable bonds is 2. The van der Waals surface area contributed by atoms with Gasteiger partial charge < -0.3 is 0 Å². The van der Waals surface area contributed by atoms with E-state index in [0.29, 0.717) is 5.88 Å². The van der Waals surface area contributed by atoms with Crippen LogP contribution in [0.25, 0.3) is 0 Å². The average molecular weight is 206 g/mol. The predicted octanol–water partition coefficient (Wildman–Crippen LogP) is 1.54. The summed E-state index contributed by atoms with van der Waals surface area (Å²) in [4.78, 5) is -0.226. The first-order valence-corrected chi connectivity index (χ1v) is 5.09. The number of alkyl halides is 1. The smallest absolute Gasteiger partial charge is 0.192 e. The Hall–Kier alpha value is -0.580. The highest BCUT2D eigenvalue weighted by molar-refractivity contribution is 7.85. The van der Waals surface area contributed by atoms with Crippen LogP contribution in [-0.4, -0.2) is 8.42 Å². The van der Waals surface area contributed by atoms with Gasteiger partial charge in [-0.15, -0.1) is 11.6 Å². The molecule has 5 heteroatoms. The molecule has 0 aliphatic heterocycles. The molecule has 1 aromatic rings. The molecule has 1 aromatic carbocycles. The van der Waals surface area contributed by atoms with E-state index in [0.717, 1.165) is 5.56 Å². The van der Waals surface area contributed by atoms with Gasteiger partial charge in [0, 0.05) is 5.88 Å². The molecule has 0 atom stereocenters. The van der Waals surface area contributed by atoms with Gasteiger partial charge in [0.15, 0.2) is 0 Å². The Morgan fingerprint density at radius 2 is 1.67 bits per heavy atom. The van der Waals surface area contributed by atoms with E-state index in [2.05, 4.69) is 0 Å². The molecule has 0 spiro atoms. The molecule has 0 amide bonds. The molecule has 0 saturated heterocycles. The number of hydrogen-bond donors (Lipinski definition) is 0. The van der Waals surface area contributed by atoms with Crippen LogP contribution in [0.5, 0.6) is 0 Å². The minimum atomic E-state index is -4.32. The predicted molar refractivity (Wildman–Crippen MR) is 43.9 cm³/mol. The second-order valence-electron chi connectivity index (χ2n) is 2.23. The maximum Gasteiger partial charge on any atom is 0.324 e. The van der Waals surface area contributed by atoms with Crippen LogP contribution in [0.15, 0.2) is 29.2 Å². The third-order valence-electron chi connectivity index (χ3n) is 1.37. The summed E-state index contributed by atoms with van der Waals surface area (Å²) in [5, 5.41) is 0. The molecular weight excluding hydrogens is 200 g/mol. The van der Waals surface area contributed by atoms with Gasteiger partial charge in [-0.3, -0.25) is 0 Å². The third kappa shape index (κ3) is 2.20. The van der Waals surface area contributed by atoms with Crippen LogP contribution < -0.4 is 0 Å². The summed E-state index contributed by atoms with van der Waals surface area (Å²) in [5.41, 5.74) is 0.782. The largest absolute Gasteiger partial charge is 0.324 e. The van der Waals surface area contributed by atoms with Gasteiger partial charge >= 0.3 is 10.1 Å². The summed E-state index contributed by atoms with van der Waals surface area (Å²) < 4.78 is 31.3. The Bertz CT molecular complexity index is 355. The van der Waals surface area contributed by atoms with E-state index in [1.165, 1.54) is 24.3 Å². The fraction of sp³-hybridized carbons (Fsp3) is 0.143. The van der Waals surface area contributed by atoms with E-state index >= 15 is 0 Å². The maximum atomic E-state index is 10.4. The molecule has 0 aliphatic rings. The van der Waals surface area contributed by atoms with Crippen molar-refractivity contribution in [2.45, 2.75) is 10.8 Å². The first-order valence-electron chi connectivity index (χ1n) is 3.15. The van der Waals surface area contributed by atoms with E-state index < -0.39 is 10.1 Å².